The molecule has 1 heterocycles. The zero-order chi connectivity index (χ0) is 18.7. The number of rotatable bonds is 5. The molecule has 1 aliphatic heterocycles. The molecule has 26 heavy (non-hydrogen) atoms. The third-order valence-electron chi connectivity index (χ3n) is 4.78. The van der Waals surface area contributed by atoms with Gasteiger partial charge in [0.25, 0.3) is 5.91 Å². The lowest BCUT2D eigenvalue weighted by atomic mass is 10.1. The average Bonchev–Trinajstić information content (AvgIpc) is 3.18. The van der Waals surface area contributed by atoms with E-state index in [1.54, 1.807) is 19.1 Å². The van der Waals surface area contributed by atoms with Crippen molar-refractivity contribution < 1.29 is 13.2 Å². The first-order chi connectivity index (χ1) is 12.4. The van der Waals surface area contributed by atoms with Crippen LogP contribution in [-0.4, -0.2) is 31.7 Å². The molecule has 0 aliphatic carbocycles. The summed E-state index contributed by atoms with van der Waals surface area (Å²) in [7, 11) is -3.54. The normalized spacial score (nSPS) is 15.2. The van der Waals surface area contributed by atoms with Gasteiger partial charge < -0.3 is 5.32 Å². The first-order valence-corrected chi connectivity index (χ1v) is 10.4. The first-order valence-electron chi connectivity index (χ1n) is 8.93. The lowest BCUT2D eigenvalue weighted by Gasteiger charge is -2.17. The summed E-state index contributed by atoms with van der Waals surface area (Å²) in [4.78, 5) is 12.8. The Bertz CT molecular complexity index is 899. The van der Waals surface area contributed by atoms with Crippen molar-refractivity contribution in [3.8, 4) is 0 Å². The Balaban J connectivity index is 1.85. The monoisotopic (exact) mass is 372 g/mol. The SMILES string of the molecule is CCc1ccc(NC(=O)c2cc(S(=O)(=O)N3CCCC3)ccc2C)cc1. The maximum absolute atomic E-state index is 12.7. The molecule has 0 saturated carbocycles. The Hall–Kier alpha value is -2.18. The second-order valence-electron chi connectivity index (χ2n) is 6.59. The van der Waals surface area contributed by atoms with Crippen LogP contribution in [0.15, 0.2) is 47.4 Å². The minimum atomic E-state index is -3.54. The van der Waals surface area contributed by atoms with Crippen LogP contribution in [-0.2, 0) is 16.4 Å². The minimum absolute atomic E-state index is 0.177. The molecule has 1 fully saturated rings. The zero-order valence-electron chi connectivity index (χ0n) is 15.2. The molecule has 1 saturated heterocycles. The van der Waals surface area contributed by atoms with Crippen LogP contribution in [0.1, 0.15) is 41.3 Å². The van der Waals surface area contributed by atoms with Crippen molar-refractivity contribution in [1.29, 1.82) is 0 Å². The van der Waals surface area contributed by atoms with E-state index in [0.717, 1.165) is 24.8 Å². The van der Waals surface area contributed by atoms with E-state index in [2.05, 4.69) is 12.2 Å². The van der Waals surface area contributed by atoms with Crippen molar-refractivity contribution in [3.63, 3.8) is 0 Å². The quantitative estimate of drug-likeness (QED) is 0.872. The van der Waals surface area contributed by atoms with Gasteiger partial charge in [-0.3, -0.25) is 4.79 Å². The molecule has 0 bridgehead atoms. The van der Waals surface area contributed by atoms with Gasteiger partial charge in [0.05, 0.1) is 4.90 Å². The number of sulfonamides is 1. The van der Waals surface area contributed by atoms with Gasteiger partial charge in [0.1, 0.15) is 0 Å². The number of hydrogen-bond acceptors (Lipinski definition) is 3. The van der Waals surface area contributed by atoms with E-state index >= 15 is 0 Å². The van der Waals surface area contributed by atoms with Gasteiger partial charge in [0.15, 0.2) is 0 Å². The fourth-order valence-electron chi connectivity index (χ4n) is 3.11. The number of anilines is 1. The maximum Gasteiger partial charge on any atom is 0.255 e. The van der Waals surface area contributed by atoms with Gasteiger partial charge in [-0.2, -0.15) is 4.31 Å². The van der Waals surface area contributed by atoms with Crippen LogP contribution in [0.25, 0.3) is 0 Å². The molecular weight excluding hydrogens is 348 g/mol. The molecule has 2 aromatic carbocycles. The third-order valence-corrected chi connectivity index (χ3v) is 6.67. The summed E-state index contributed by atoms with van der Waals surface area (Å²) in [5, 5.41) is 2.85. The highest BCUT2D eigenvalue weighted by Gasteiger charge is 2.28. The van der Waals surface area contributed by atoms with Crippen molar-refractivity contribution in [2.75, 3.05) is 18.4 Å². The summed E-state index contributed by atoms with van der Waals surface area (Å²) in [6.07, 6.45) is 2.70. The fourth-order valence-corrected chi connectivity index (χ4v) is 4.65. The lowest BCUT2D eigenvalue weighted by molar-refractivity contribution is 0.102. The predicted octanol–water partition coefficient (Wildman–Crippen LogP) is 3.59. The van der Waals surface area contributed by atoms with E-state index < -0.39 is 10.0 Å². The Morgan fingerprint density at radius 3 is 2.35 bits per heavy atom. The van der Waals surface area contributed by atoms with Gasteiger partial charge in [-0.1, -0.05) is 25.1 Å². The van der Waals surface area contributed by atoms with Crippen LogP contribution < -0.4 is 5.32 Å². The highest BCUT2D eigenvalue weighted by molar-refractivity contribution is 7.89. The van der Waals surface area contributed by atoms with Crippen molar-refractivity contribution >= 4 is 21.6 Å². The number of amides is 1. The number of nitrogens with zero attached hydrogens (tertiary/aromatic N) is 1. The van der Waals surface area contributed by atoms with Crippen LogP contribution in [0.2, 0.25) is 0 Å². The number of carbonyl (C=O) groups excluding carboxylic acids is 1. The summed E-state index contributed by atoms with van der Waals surface area (Å²) in [6, 6.07) is 12.4. The molecule has 1 aliphatic rings. The summed E-state index contributed by atoms with van der Waals surface area (Å²) in [6.45, 7) is 4.97. The fraction of sp³-hybridized carbons (Fsp3) is 0.350. The topological polar surface area (TPSA) is 66.5 Å². The summed E-state index contributed by atoms with van der Waals surface area (Å²) >= 11 is 0. The minimum Gasteiger partial charge on any atom is -0.322 e. The Labute approximate surface area is 155 Å². The van der Waals surface area contributed by atoms with E-state index in [-0.39, 0.29) is 10.8 Å². The highest BCUT2D eigenvalue weighted by Crippen LogP contribution is 2.23. The van der Waals surface area contributed by atoms with E-state index in [1.165, 1.54) is 15.9 Å². The Morgan fingerprint density at radius 1 is 1.08 bits per heavy atom. The standard InChI is InChI=1S/C20H24N2O3S/c1-3-16-7-9-17(10-8-16)21-20(23)19-14-18(11-6-15(19)2)26(24,25)22-12-4-5-13-22/h6-11,14H,3-5,12-13H2,1-2H3,(H,21,23). The summed E-state index contributed by atoms with van der Waals surface area (Å²) < 4.78 is 27.0. The van der Waals surface area contributed by atoms with E-state index in [4.69, 9.17) is 0 Å². The van der Waals surface area contributed by atoms with Crippen LogP contribution >= 0.6 is 0 Å². The van der Waals surface area contributed by atoms with Gasteiger partial charge in [0.2, 0.25) is 10.0 Å². The molecule has 0 atom stereocenters. The van der Waals surface area contributed by atoms with Gasteiger partial charge in [0, 0.05) is 24.3 Å². The molecular formula is C20H24N2O3S. The number of hydrogen-bond donors (Lipinski definition) is 1. The highest BCUT2D eigenvalue weighted by atomic mass is 32.2. The molecule has 0 radical (unpaired) electrons. The molecule has 6 heteroatoms. The van der Waals surface area contributed by atoms with Crippen molar-refractivity contribution in [2.24, 2.45) is 0 Å². The Morgan fingerprint density at radius 2 is 1.73 bits per heavy atom. The first kappa shape index (κ1) is 18.6. The smallest absolute Gasteiger partial charge is 0.255 e. The third kappa shape index (κ3) is 3.81. The molecule has 0 spiro atoms. The molecule has 1 amide bonds. The summed E-state index contributed by atoms with van der Waals surface area (Å²) in [5.74, 6) is -0.301. The average molecular weight is 372 g/mol. The van der Waals surface area contributed by atoms with Crippen LogP contribution in [0.3, 0.4) is 0 Å². The van der Waals surface area contributed by atoms with Crippen LogP contribution in [0, 0.1) is 6.92 Å². The van der Waals surface area contributed by atoms with Crippen molar-refractivity contribution in [1.82, 2.24) is 4.31 Å². The van der Waals surface area contributed by atoms with Crippen molar-refractivity contribution in [3.05, 3.63) is 59.2 Å². The molecule has 5 nitrogen and oxygen atoms in total. The van der Waals surface area contributed by atoms with Crippen LogP contribution in [0.5, 0.6) is 0 Å². The van der Waals surface area contributed by atoms with E-state index in [0.29, 0.717) is 24.3 Å². The second-order valence-corrected chi connectivity index (χ2v) is 8.53. The molecule has 138 valence electrons. The predicted molar refractivity (Wildman–Crippen MR) is 103 cm³/mol. The lowest BCUT2D eigenvalue weighted by Crippen LogP contribution is -2.28. The summed E-state index contributed by atoms with van der Waals surface area (Å²) in [5.41, 5.74) is 3.01. The second kappa shape index (κ2) is 7.60. The molecule has 2 aromatic rings. The largest absolute Gasteiger partial charge is 0.322 e. The number of carbonyl (C=O) groups is 1. The van der Waals surface area contributed by atoms with Crippen molar-refractivity contribution in [2.45, 2.75) is 38.0 Å². The molecule has 0 unspecified atom stereocenters. The van der Waals surface area contributed by atoms with Gasteiger partial charge >= 0.3 is 0 Å². The maximum atomic E-state index is 12.7. The van der Waals surface area contributed by atoms with Gasteiger partial charge in [-0.05, 0) is 61.6 Å². The molecule has 0 aromatic heterocycles. The number of aryl methyl sites for hydroxylation is 2. The van der Waals surface area contributed by atoms with Gasteiger partial charge in [-0.25, -0.2) is 8.42 Å². The van der Waals surface area contributed by atoms with E-state index in [1.807, 2.05) is 24.3 Å². The molecule has 3 rings (SSSR count). The molecule has 1 N–H and O–H groups in total. The Kier molecular flexibility index (Phi) is 5.44. The van der Waals surface area contributed by atoms with Crippen LogP contribution in [0.4, 0.5) is 5.69 Å². The number of nitrogens with one attached hydrogen (secondary N) is 1. The zero-order valence-corrected chi connectivity index (χ0v) is 16.0. The number of benzene rings is 2. The van der Waals surface area contributed by atoms with Gasteiger partial charge in [-0.15, -0.1) is 0 Å². The van der Waals surface area contributed by atoms with E-state index in [9.17, 15) is 13.2 Å².